The molecule has 2 aliphatic heterocycles. The minimum absolute atomic E-state index is 0.0599. The summed E-state index contributed by atoms with van der Waals surface area (Å²) in [4.78, 5) is 40.0. The van der Waals surface area contributed by atoms with Crippen molar-refractivity contribution in [1.82, 2.24) is 15.1 Å². The summed E-state index contributed by atoms with van der Waals surface area (Å²) >= 11 is 0. The number of anilines is 1. The highest BCUT2D eigenvalue weighted by atomic mass is 19.1. The molecule has 10 nitrogen and oxygen atoms in total. The van der Waals surface area contributed by atoms with Crippen LogP contribution in [0.4, 0.5) is 19.3 Å². The van der Waals surface area contributed by atoms with Gasteiger partial charge >= 0.3 is 6.03 Å². The van der Waals surface area contributed by atoms with Gasteiger partial charge in [-0.15, -0.1) is 0 Å². The molecule has 0 radical (unpaired) electrons. The van der Waals surface area contributed by atoms with Gasteiger partial charge in [-0.1, -0.05) is 30.3 Å². The van der Waals surface area contributed by atoms with Crippen molar-refractivity contribution in [1.29, 1.82) is 0 Å². The summed E-state index contributed by atoms with van der Waals surface area (Å²) in [6.07, 6.45) is -0.122. The number of hydrogen-bond acceptors (Lipinski definition) is 7. The van der Waals surface area contributed by atoms with Gasteiger partial charge in [-0.2, -0.15) is 0 Å². The summed E-state index contributed by atoms with van der Waals surface area (Å²) in [5.41, 5.74) is 2.36. The van der Waals surface area contributed by atoms with Gasteiger partial charge in [-0.25, -0.2) is 13.6 Å². The van der Waals surface area contributed by atoms with Crippen molar-refractivity contribution in [2.45, 2.75) is 32.0 Å². The third-order valence-corrected chi connectivity index (χ3v) is 8.45. The third-order valence-electron chi connectivity index (χ3n) is 8.45. The van der Waals surface area contributed by atoms with Crippen molar-refractivity contribution in [3.05, 3.63) is 71.3 Å². The van der Waals surface area contributed by atoms with Crippen LogP contribution in [0.2, 0.25) is 0 Å². The molecule has 2 heterocycles. The van der Waals surface area contributed by atoms with Crippen LogP contribution in [0.25, 0.3) is 22.3 Å². The third kappa shape index (κ3) is 6.39. The topological polar surface area (TPSA) is 120 Å². The zero-order valence-electron chi connectivity index (χ0n) is 25.5. The number of amides is 4. The van der Waals surface area contributed by atoms with E-state index in [1.165, 1.54) is 32.2 Å². The molecule has 5 rings (SSSR count). The first-order valence-electron chi connectivity index (χ1n) is 14.6. The molecule has 3 aromatic carbocycles. The number of halogens is 2. The lowest BCUT2D eigenvalue weighted by atomic mass is 9.93. The highest BCUT2D eigenvalue weighted by Crippen LogP contribution is 2.37. The summed E-state index contributed by atoms with van der Waals surface area (Å²) in [6.45, 7) is 2.47. The molecule has 3 atom stereocenters. The normalized spacial score (nSPS) is 20.4. The second-order valence-electron chi connectivity index (χ2n) is 11.3. The highest BCUT2D eigenvalue weighted by Gasteiger charge is 2.39. The minimum atomic E-state index is -1.09. The van der Waals surface area contributed by atoms with E-state index in [2.05, 4.69) is 10.6 Å². The second-order valence-corrected chi connectivity index (χ2v) is 11.3. The van der Waals surface area contributed by atoms with E-state index in [1.54, 1.807) is 49.4 Å². The summed E-state index contributed by atoms with van der Waals surface area (Å²) < 4.78 is 42.4. The number of nitrogens with one attached hydrogen (secondary N) is 2. The number of carbonyl (C=O) groups excluding carboxylic acids is 3. The molecule has 12 heteroatoms. The van der Waals surface area contributed by atoms with Crippen molar-refractivity contribution in [2.75, 3.05) is 46.3 Å². The van der Waals surface area contributed by atoms with Crippen LogP contribution in [0.1, 0.15) is 17.5 Å². The van der Waals surface area contributed by atoms with Gasteiger partial charge < -0.3 is 30.1 Å². The molecule has 2 saturated heterocycles. The Morgan fingerprint density at radius 2 is 1.80 bits per heavy atom. The molecule has 0 aliphatic carbocycles. The SMILES string of the molecule is COc1cc(-c2cccc(-c3cccc(NC(=O)C4CN(C)C(=O)N(C)C4=O)c3C)c2F)cc(F)c1CN[C@@H]1CCOC[C@H]1O. The van der Waals surface area contributed by atoms with E-state index < -0.39 is 41.5 Å². The monoisotopic (exact) mass is 622 g/mol. The number of rotatable bonds is 8. The van der Waals surface area contributed by atoms with Crippen molar-refractivity contribution in [2.24, 2.45) is 5.92 Å². The van der Waals surface area contributed by atoms with Crippen LogP contribution in [0, 0.1) is 24.5 Å². The smallest absolute Gasteiger partial charge is 0.326 e. The second kappa shape index (κ2) is 13.3. The van der Waals surface area contributed by atoms with Gasteiger partial charge in [0.05, 0.1) is 19.8 Å². The molecule has 0 aromatic heterocycles. The van der Waals surface area contributed by atoms with Crippen LogP contribution < -0.4 is 15.4 Å². The Bertz CT molecular complexity index is 1630. The predicted octanol–water partition coefficient (Wildman–Crippen LogP) is 3.93. The number of benzene rings is 3. The van der Waals surface area contributed by atoms with Crippen molar-refractivity contribution in [3.63, 3.8) is 0 Å². The first-order chi connectivity index (χ1) is 21.5. The van der Waals surface area contributed by atoms with Crippen LogP contribution in [-0.4, -0.2) is 85.9 Å². The Labute approximate surface area is 259 Å². The van der Waals surface area contributed by atoms with E-state index >= 15 is 8.78 Å². The summed E-state index contributed by atoms with van der Waals surface area (Å²) in [5.74, 6) is -3.21. The fraction of sp³-hybridized carbons (Fsp3) is 0.364. The van der Waals surface area contributed by atoms with Gasteiger partial charge in [-0.3, -0.25) is 14.5 Å². The number of urea groups is 1. The molecular weight excluding hydrogens is 586 g/mol. The Morgan fingerprint density at radius 1 is 1.09 bits per heavy atom. The average molecular weight is 623 g/mol. The van der Waals surface area contributed by atoms with Crippen LogP contribution >= 0.6 is 0 Å². The predicted molar refractivity (Wildman–Crippen MR) is 164 cm³/mol. The average Bonchev–Trinajstić information content (AvgIpc) is 3.02. The first-order valence-corrected chi connectivity index (χ1v) is 14.6. The summed E-state index contributed by atoms with van der Waals surface area (Å²) in [6, 6.07) is 11.9. The van der Waals surface area contributed by atoms with Crippen LogP contribution in [0.5, 0.6) is 5.75 Å². The number of nitrogens with zero attached hydrogens (tertiary/aromatic N) is 2. The highest BCUT2D eigenvalue weighted by molar-refractivity contribution is 6.12. The van der Waals surface area contributed by atoms with E-state index in [9.17, 15) is 19.5 Å². The quantitative estimate of drug-likeness (QED) is 0.326. The number of carbonyl (C=O) groups is 3. The summed E-state index contributed by atoms with van der Waals surface area (Å²) in [7, 11) is 4.25. The number of imide groups is 1. The van der Waals surface area contributed by atoms with Crippen LogP contribution in [0.3, 0.4) is 0 Å². The van der Waals surface area contributed by atoms with E-state index in [0.29, 0.717) is 29.8 Å². The van der Waals surface area contributed by atoms with Crippen LogP contribution in [-0.2, 0) is 20.9 Å². The molecule has 0 spiro atoms. The number of ether oxygens (including phenoxy) is 2. The Balaban J connectivity index is 1.41. The maximum absolute atomic E-state index is 16.2. The molecule has 2 fully saturated rings. The van der Waals surface area contributed by atoms with Crippen molar-refractivity contribution < 1.29 is 37.7 Å². The number of aliphatic hydroxyl groups excluding tert-OH is 1. The molecular formula is C33H36F2N4O6. The Hall–Kier alpha value is -4.39. The van der Waals surface area contributed by atoms with Crippen LogP contribution in [0.15, 0.2) is 48.5 Å². The maximum Gasteiger partial charge on any atom is 0.326 e. The standard InChI is InChI=1S/C33H36F2N4O6/c1-18-20(7-6-10-26(18)37-31(41)24-16-38(2)33(43)39(3)32(24)42)22-9-5-8-21(30(22)35)19-13-25(34)23(29(14-19)44-4)15-36-27-11-12-45-17-28(27)40/h5-10,13-14,24,27-28,36,40H,11-12,15-17H2,1-4H3,(H,37,41)/t24?,27-,28-/m1/s1. The molecule has 3 aromatic rings. The number of hydrogen-bond donors (Lipinski definition) is 3. The molecule has 238 valence electrons. The minimum Gasteiger partial charge on any atom is -0.496 e. The number of methoxy groups -OCH3 is 1. The molecule has 45 heavy (non-hydrogen) atoms. The Kier molecular flexibility index (Phi) is 9.47. The largest absolute Gasteiger partial charge is 0.496 e. The van der Waals surface area contributed by atoms with Crippen molar-refractivity contribution in [3.8, 4) is 28.0 Å². The molecule has 1 unspecified atom stereocenters. The Morgan fingerprint density at radius 3 is 2.53 bits per heavy atom. The molecule has 2 aliphatic rings. The fourth-order valence-corrected chi connectivity index (χ4v) is 5.77. The van der Waals surface area contributed by atoms with E-state index in [1.807, 2.05) is 0 Å². The lowest BCUT2D eigenvalue weighted by Crippen LogP contribution is -2.56. The van der Waals surface area contributed by atoms with E-state index in [0.717, 1.165) is 4.90 Å². The van der Waals surface area contributed by atoms with E-state index in [-0.39, 0.29) is 53.7 Å². The molecule has 3 N–H and O–H groups in total. The van der Waals surface area contributed by atoms with Gasteiger partial charge in [0.2, 0.25) is 11.8 Å². The molecule has 4 amide bonds. The van der Waals surface area contributed by atoms with Gasteiger partial charge in [0.1, 0.15) is 23.3 Å². The zero-order chi connectivity index (χ0) is 32.4. The lowest BCUT2D eigenvalue weighted by molar-refractivity contribution is -0.140. The van der Waals surface area contributed by atoms with E-state index in [4.69, 9.17) is 9.47 Å². The maximum atomic E-state index is 16.2. The summed E-state index contributed by atoms with van der Waals surface area (Å²) in [5, 5.41) is 16.1. The van der Waals surface area contributed by atoms with Crippen molar-refractivity contribution >= 4 is 23.5 Å². The molecule has 0 saturated carbocycles. The van der Waals surface area contributed by atoms with Gasteiger partial charge in [0.15, 0.2) is 0 Å². The lowest BCUT2D eigenvalue weighted by Gasteiger charge is -2.33. The van der Waals surface area contributed by atoms with Gasteiger partial charge in [-0.05, 0) is 48.2 Å². The fourth-order valence-electron chi connectivity index (χ4n) is 5.77. The number of aliphatic hydroxyl groups is 1. The molecule has 0 bridgehead atoms. The first kappa shape index (κ1) is 32.0. The zero-order valence-corrected chi connectivity index (χ0v) is 25.5. The van der Waals surface area contributed by atoms with Gasteiger partial charge in [0, 0.05) is 62.2 Å². The van der Waals surface area contributed by atoms with Gasteiger partial charge in [0.25, 0.3) is 0 Å².